The van der Waals surface area contributed by atoms with Gasteiger partial charge in [0.25, 0.3) is 0 Å². The van der Waals surface area contributed by atoms with Crippen LogP contribution in [-0.4, -0.2) is 43.4 Å². The van der Waals surface area contributed by atoms with Gasteiger partial charge >= 0.3 is 5.97 Å². The van der Waals surface area contributed by atoms with E-state index in [1.165, 1.54) is 10.7 Å². The molecule has 0 unspecified atom stereocenters. The van der Waals surface area contributed by atoms with Gasteiger partial charge in [-0.15, -0.1) is 0 Å². The van der Waals surface area contributed by atoms with Crippen molar-refractivity contribution in [1.82, 2.24) is 24.7 Å². The summed E-state index contributed by atoms with van der Waals surface area (Å²) in [6.07, 6.45) is 6.78. The molecule has 3 aromatic rings. The molecule has 0 amide bonds. The van der Waals surface area contributed by atoms with Gasteiger partial charge in [0, 0.05) is 19.0 Å². The highest BCUT2D eigenvalue weighted by Crippen LogP contribution is 2.48. The second-order valence-corrected chi connectivity index (χ2v) is 9.99. The minimum Gasteiger partial charge on any atom is -0.466 e. The number of rotatable bonds is 6. The van der Waals surface area contributed by atoms with Crippen molar-refractivity contribution in [2.45, 2.75) is 57.4 Å². The number of anilines is 1. The fraction of sp³-hybridized carbons (Fsp3) is 0.560. The van der Waals surface area contributed by atoms with E-state index in [0.717, 1.165) is 44.7 Å². The lowest BCUT2D eigenvalue weighted by atomic mass is 9.61. The van der Waals surface area contributed by atoms with Gasteiger partial charge in [0.2, 0.25) is 0 Å². The predicted octanol–water partition coefficient (Wildman–Crippen LogP) is 4.36. The van der Waals surface area contributed by atoms with Crippen LogP contribution in [-0.2, 0) is 16.6 Å². The summed E-state index contributed by atoms with van der Waals surface area (Å²) in [5.41, 5.74) is 1.18. The van der Waals surface area contributed by atoms with Gasteiger partial charge in [-0.05, 0) is 63.4 Å². The van der Waals surface area contributed by atoms with Crippen LogP contribution in [0.5, 0.6) is 0 Å². The molecule has 184 valence electrons. The number of hydrogen-bond donors (Lipinski definition) is 1. The first kappa shape index (κ1) is 22.3. The van der Waals surface area contributed by atoms with Crippen LogP contribution >= 0.6 is 0 Å². The van der Waals surface area contributed by atoms with Crippen molar-refractivity contribution in [1.29, 1.82) is 0 Å². The Labute approximate surface area is 201 Å². The van der Waals surface area contributed by atoms with Gasteiger partial charge in [0.05, 0.1) is 29.8 Å². The summed E-state index contributed by atoms with van der Waals surface area (Å²) in [7, 11) is 1.71. The van der Waals surface area contributed by atoms with Gasteiger partial charge < -0.3 is 10.1 Å². The van der Waals surface area contributed by atoms with E-state index in [0.29, 0.717) is 29.0 Å². The first-order valence-corrected chi connectivity index (χ1v) is 12.4. The van der Waals surface area contributed by atoms with Crippen molar-refractivity contribution in [2.24, 2.45) is 24.8 Å². The molecule has 0 aliphatic heterocycles. The Balaban J connectivity index is 1.43. The van der Waals surface area contributed by atoms with E-state index in [1.807, 2.05) is 0 Å². The molecule has 0 spiro atoms. The molecule has 0 radical (unpaired) electrons. The van der Waals surface area contributed by atoms with Crippen LogP contribution in [0.4, 0.5) is 14.6 Å². The maximum Gasteiger partial charge on any atom is 0.311 e. The number of carbonyl (C=O) groups excluding carboxylic acids is 1. The molecule has 1 N–H and O–H groups in total. The van der Waals surface area contributed by atoms with E-state index < -0.39 is 11.6 Å². The lowest BCUT2D eigenvalue weighted by Crippen LogP contribution is -2.52. The number of nitrogens with one attached hydrogen (secondary N) is 1. The zero-order valence-corrected chi connectivity index (χ0v) is 19.8. The Kier molecular flexibility index (Phi) is 5.41. The molecule has 2 bridgehead atoms. The number of aromatic nitrogens is 5. The second kappa shape index (κ2) is 8.49. The Morgan fingerprint density at radius 3 is 2.60 bits per heavy atom. The SMILES string of the molecule is CCOC(=O)[C@H]1C2CCC(CC2)[C@@H]1Nc1nc(-c2nn(C)c3ncc(F)cc23)nc(C2CC2)c1F. The van der Waals surface area contributed by atoms with E-state index in [9.17, 15) is 9.18 Å². The number of carbonyl (C=O) groups is 1. The number of hydrogen-bond acceptors (Lipinski definition) is 7. The molecule has 4 aliphatic rings. The van der Waals surface area contributed by atoms with E-state index in [1.54, 1.807) is 14.0 Å². The summed E-state index contributed by atoms with van der Waals surface area (Å²) in [5, 5.41) is 8.27. The first-order chi connectivity index (χ1) is 16.9. The normalized spacial score (nSPS) is 25.7. The fourth-order valence-electron chi connectivity index (χ4n) is 5.97. The molecule has 3 aromatic heterocycles. The maximum atomic E-state index is 15.7. The van der Waals surface area contributed by atoms with Crippen LogP contribution < -0.4 is 5.32 Å². The highest BCUT2D eigenvalue weighted by atomic mass is 19.1. The van der Waals surface area contributed by atoms with Crippen LogP contribution in [0.3, 0.4) is 0 Å². The van der Waals surface area contributed by atoms with Crippen LogP contribution in [0.2, 0.25) is 0 Å². The van der Waals surface area contributed by atoms with Crippen molar-refractivity contribution in [3.8, 4) is 11.5 Å². The number of nitrogens with zero attached hydrogens (tertiary/aromatic N) is 5. The molecule has 4 fully saturated rings. The Hall–Kier alpha value is -3.17. The first-order valence-electron chi connectivity index (χ1n) is 12.4. The molecule has 7 rings (SSSR count). The molecule has 4 aliphatic carbocycles. The highest BCUT2D eigenvalue weighted by Gasteiger charge is 2.48. The van der Waals surface area contributed by atoms with Crippen molar-refractivity contribution in [3.63, 3.8) is 0 Å². The summed E-state index contributed by atoms with van der Waals surface area (Å²) < 4.78 is 36.7. The van der Waals surface area contributed by atoms with E-state index >= 15 is 4.39 Å². The monoisotopic (exact) mass is 482 g/mol. The standard InChI is InChI=1S/C25H28F2N6O2/c1-3-35-25(34)17-12-4-6-13(7-5-12)19(17)29-22-18(27)20(14-8-9-14)30-23(31-22)21-16-10-15(26)11-28-24(16)33(2)32-21/h10-14,17,19H,3-9H2,1-2H3,(H,29,30,31)/t12?,13?,17-,19-/m0/s1. The van der Waals surface area contributed by atoms with Crippen LogP contribution in [0.15, 0.2) is 12.3 Å². The number of halogens is 2. The number of aryl methyl sites for hydroxylation is 1. The van der Waals surface area contributed by atoms with Gasteiger partial charge in [-0.2, -0.15) is 5.10 Å². The van der Waals surface area contributed by atoms with E-state index in [2.05, 4.69) is 25.4 Å². The van der Waals surface area contributed by atoms with Gasteiger partial charge in [-0.25, -0.2) is 28.4 Å². The van der Waals surface area contributed by atoms with Crippen molar-refractivity contribution >= 4 is 22.8 Å². The van der Waals surface area contributed by atoms with E-state index in [4.69, 9.17) is 4.74 Å². The average Bonchev–Trinajstić information content (AvgIpc) is 3.65. The summed E-state index contributed by atoms with van der Waals surface area (Å²) >= 11 is 0. The van der Waals surface area contributed by atoms with Gasteiger partial charge in [-0.3, -0.25) is 4.79 Å². The largest absolute Gasteiger partial charge is 0.466 e. The zero-order valence-electron chi connectivity index (χ0n) is 19.8. The van der Waals surface area contributed by atoms with Crippen LogP contribution in [0, 0.1) is 29.4 Å². The lowest BCUT2D eigenvalue weighted by molar-refractivity contribution is -0.154. The molecule has 0 aromatic carbocycles. The maximum absolute atomic E-state index is 15.7. The molecule has 2 atom stereocenters. The average molecular weight is 483 g/mol. The summed E-state index contributed by atoms with van der Waals surface area (Å²) in [6, 6.07) is 1.09. The zero-order chi connectivity index (χ0) is 24.3. The molecular formula is C25H28F2N6O2. The number of fused-ring (bicyclic) bond motifs is 4. The molecule has 10 heteroatoms. The third kappa shape index (κ3) is 3.83. The van der Waals surface area contributed by atoms with Crippen LogP contribution in [0.1, 0.15) is 57.1 Å². The summed E-state index contributed by atoms with van der Waals surface area (Å²) in [4.78, 5) is 26.1. The Bertz CT molecular complexity index is 1300. The third-order valence-corrected chi connectivity index (χ3v) is 7.78. The number of esters is 1. The molecule has 3 heterocycles. The molecule has 4 saturated carbocycles. The smallest absolute Gasteiger partial charge is 0.311 e. The highest BCUT2D eigenvalue weighted by molar-refractivity contribution is 5.89. The topological polar surface area (TPSA) is 94.8 Å². The quantitative estimate of drug-likeness (QED) is 0.522. The summed E-state index contributed by atoms with van der Waals surface area (Å²) in [6.45, 7) is 2.11. The van der Waals surface area contributed by atoms with Gasteiger partial charge in [0.1, 0.15) is 11.5 Å². The minimum atomic E-state index is -0.495. The van der Waals surface area contributed by atoms with Crippen molar-refractivity contribution in [3.05, 3.63) is 29.6 Å². The van der Waals surface area contributed by atoms with Crippen molar-refractivity contribution in [2.75, 3.05) is 11.9 Å². The molecule has 0 saturated heterocycles. The van der Waals surface area contributed by atoms with Gasteiger partial charge in [-0.1, -0.05) is 0 Å². The number of ether oxygens (including phenoxy) is 1. The summed E-state index contributed by atoms with van der Waals surface area (Å²) in [5.74, 6) is -0.759. The minimum absolute atomic E-state index is 0.0193. The second-order valence-electron chi connectivity index (χ2n) is 9.99. The van der Waals surface area contributed by atoms with Crippen molar-refractivity contribution < 1.29 is 18.3 Å². The molecule has 35 heavy (non-hydrogen) atoms. The predicted molar refractivity (Wildman–Crippen MR) is 124 cm³/mol. The third-order valence-electron chi connectivity index (χ3n) is 7.78. The van der Waals surface area contributed by atoms with Gasteiger partial charge in [0.15, 0.2) is 23.1 Å². The van der Waals surface area contributed by atoms with Crippen LogP contribution in [0.25, 0.3) is 22.6 Å². The fourth-order valence-corrected chi connectivity index (χ4v) is 5.97. The Morgan fingerprint density at radius 2 is 1.89 bits per heavy atom. The number of pyridine rings is 1. The lowest BCUT2D eigenvalue weighted by Gasteiger charge is -2.47. The molecular weight excluding hydrogens is 454 g/mol. The van der Waals surface area contributed by atoms with E-state index in [-0.39, 0.29) is 47.3 Å². The Morgan fingerprint density at radius 1 is 1.14 bits per heavy atom. The molecule has 8 nitrogen and oxygen atoms in total.